The van der Waals surface area contributed by atoms with Crippen molar-refractivity contribution >= 4 is 17.4 Å². The maximum atomic E-state index is 11.9. The third-order valence-electron chi connectivity index (χ3n) is 1.36. The second-order valence-corrected chi connectivity index (χ2v) is 2.93. The van der Waals surface area contributed by atoms with E-state index >= 15 is 0 Å². The van der Waals surface area contributed by atoms with Crippen LogP contribution in [0.2, 0.25) is 5.02 Å². The first kappa shape index (κ1) is 11.8. The number of nitrogens with one attached hydrogen (secondary N) is 1. The molecule has 0 unspecified atom stereocenters. The topological polar surface area (TPSA) is 47.0 Å². The van der Waals surface area contributed by atoms with Crippen molar-refractivity contribution in [3.8, 4) is 6.01 Å². The minimum Gasteiger partial charge on any atom is -0.467 e. The van der Waals surface area contributed by atoms with Crippen molar-refractivity contribution < 1.29 is 17.9 Å². The zero-order valence-corrected chi connectivity index (χ0v) is 8.35. The number of nitrogens with zero attached hydrogens (tertiary/aromatic N) is 2. The van der Waals surface area contributed by atoms with Crippen LogP contribution in [-0.2, 0) is 0 Å². The Bertz CT molecular complexity index is 345. The molecule has 84 valence electrons. The highest BCUT2D eigenvalue weighted by molar-refractivity contribution is 6.32. The van der Waals surface area contributed by atoms with Gasteiger partial charge < -0.3 is 10.1 Å². The van der Waals surface area contributed by atoms with Crippen LogP contribution < -0.4 is 10.1 Å². The minimum atomic E-state index is -4.33. The normalized spacial score (nSPS) is 11.3. The number of rotatable bonds is 3. The number of ether oxygens (including phenoxy) is 1. The maximum absolute atomic E-state index is 11.9. The smallest absolute Gasteiger partial charge is 0.405 e. The molecule has 8 heteroatoms. The molecule has 0 bridgehead atoms. The summed E-state index contributed by atoms with van der Waals surface area (Å²) in [7, 11) is 1.30. The van der Waals surface area contributed by atoms with Crippen molar-refractivity contribution in [3.63, 3.8) is 0 Å². The second kappa shape index (κ2) is 4.52. The summed E-state index contributed by atoms with van der Waals surface area (Å²) in [5, 5.41) is 2.04. The van der Waals surface area contributed by atoms with Gasteiger partial charge in [-0.25, -0.2) is 4.98 Å². The Labute approximate surface area is 88.4 Å². The van der Waals surface area contributed by atoms with Gasteiger partial charge in [-0.15, -0.1) is 0 Å². The molecule has 4 nitrogen and oxygen atoms in total. The zero-order chi connectivity index (χ0) is 11.5. The van der Waals surface area contributed by atoms with Crippen LogP contribution in [0.3, 0.4) is 0 Å². The molecule has 15 heavy (non-hydrogen) atoms. The van der Waals surface area contributed by atoms with E-state index in [9.17, 15) is 13.2 Å². The van der Waals surface area contributed by atoms with E-state index in [1.54, 1.807) is 0 Å². The van der Waals surface area contributed by atoms with Crippen molar-refractivity contribution in [3.05, 3.63) is 11.2 Å². The first-order valence-electron chi connectivity index (χ1n) is 3.79. The summed E-state index contributed by atoms with van der Waals surface area (Å²) in [5.74, 6) is -0.110. The Morgan fingerprint density at radius 2 is 2.20 bits per heavy atom. The Morgan fingerprint density at radius 1 is 1.53 bits per heavy atom. The molecule has 1 aromatic heterocycles. The largest absolute Gasteiger partial charge is 0.467 e. The molecule has 0 aliphatic rings. The van der Waals surface area contributed by atoms with E-state index in [4.69, 9.17) is 11.6 Å². The van der Waals surface area contributed by atoms with Crippen LogP contribution in [0.1, 0.15) is 0 Å². The van der Waals surface area contributed by atoms with Gasteiger partial charge in [0.05, 0.1) is 13.3 Å². The zero-order valence-electron chi connectivity index (χ0n) is 7.60. The highest BCUT2D eigenvalue weighted by Crippen LogP contribution is 2.22. The molecule has 0 radical (unpaired) electrons. The predicted molar refractivity (Wildman–Crippen MR) is 48.1 cm³/mol. The molecule has 1 aromatic rings. The first-order valence-corrected chi connectivity index (χ1v) is 4.17. The second-order valence-electron chi connectivity index (χ2n) is 2.52. The minimum absolute atomic E-state index is 0.0000463. The van der Waals surface area contributed by atoms with Gasteiger partial charge in [0, 0.05) is 0 Å². The van der Waals surface area contributed by atoms with Gasteiger partial charge in [-0.1, -0.05) is 11.6 Å². The molecule has 0 atom stereocenters. The Kier molecular flexibility index (Phi) is 3.57. The van der Waals surface area contributed by atoms with E-state index in [0.29, 0.717) is 0 Å². The van der Waals surface area contributed by atoms with Crippen molar-refractivity contribution in [2.24, 2.45) is 0 Å². The number of aromatic nitrogens is 2. The molecule has 1 N–H and O–H groups in total. The monoisotopic (exact) mass is 241 g/mol. The van der Waals surface area contributed by atoms with Gasteiger partial charge in [-0.3, -0.25) is 0 Å². The fourth-order valence-corrected chi connectivity index (χ4v) is 0.915. The fourth-order valence-electron chi connectivity index (χ4n) is 0.757. The Hall–Kier alpha value is -1.24. The van der Waals surface area contributed by atoms with E-state index in [2.05, 4.69) is 14.7 Å². The quantitative estimate of drug-likeness (QED) is 0.881. The van der Waals surface area contributed by atoms with Crippen LogP contribution >= 0.6 is 11.6 Å². The van der Waals surface area contributed by atoms with E-state index in [1.165, 1.54) is 7.11 Å². The molecule has 0 fully saturated rings. The van der Waals surface area contributed by atoms with Gasteiger partial charge in [-0.2, -0.15) is 18.2 Å². The van der Waals surface area contributed by atoms with Gasteiger partial charge in [-0.05, 0) is 0 Å². The van der Waals surface area contributed by atoms with Gasteiger partial charge in [0.15, 0.2) is 5.82 Å². The van der Waals surface area contributed by atoms with Crippen LogP contribution in [0.15, 0.2) is 6.20 Å². The summed E-state index contributed by atoms with van der Waals surface area (Å²) < 4.78 is 40.3. The van der Waals surface area contributed by atoms with Gasteiger partial charge in [0.1, 0.15) is 11.6 Å². The standard InChI is InChI=1S/C7H7ClF3N3O/c1-15-6-12-2-4(8)5(14-6)13-3-7(9,10)11/h2H,3H2,1H3,(H,12,13,14). The Morgan fingerprint density at radius 3 is 2.73 bits per heavy atom. The lowest BCUT2D eigenvalue weighted by molar-refractivity contribution is -0.115. The summed E-state index contributed by atoms with van der Waals surface area (Å²) in [6, 6.07) is -0.0518. The van der Waals surface area contributed by atoms with Crippen LogP contribution in [0, 0.1) is 0 Å². The van der Waals surface area contributed by atoms with E-state index < -0.39 is 12.7 Å². The summed E-state index contributed by atoms with van der Waals surface area (Å²) in [5.41, 5.74) is 0. The molecule has 0 aliphatic heterocycles. The molecule has 1 rings (SSSR count). The summed E-state index contributed by atoms with van der Waals surface area (Å²) in [6.07, 6.45) is -3.17. The van der Waals surface area contributed by atoms with Crippen LogP contribution in [0.4, 0.5) is 19.0 Å². The fraction of sp³-hybridized carbons (Fsp3) is 0.429. The summed E-state index contributed by atoms with van der Waals surface area (Å²) >= 11 is 5.57. The third kappa shape index (κ3) is 3.78. The van der Waals surface area contributed by atoms with Crippen molar-refractivity contribution in [1.82, 2.24) is 9.97 Å². The van der Waals surface area contributed by atoms with Crippen molar-refractivity contribution in [2.75, 3.05) is 19.0 Å². The summed E-state index contributed by atoms with van der Waals surface area (Å²) in [6.45, 7) is -1.22. The first-order chi connectivity index (χ1) is 6.92. The SMILES string of the molecule is COc1ncc(Cl)c(NCC(F)(F)F)n1. The van der Waals surface area contributed by atoms with Crippen LogP contribution in [-0.4, -0.2) is 29.8 Å². The number of halogens is 4. The number of hydrogen-bond acceptors (Lipinski definition) is 4. The van der Waals surface area contributed by atoms with E-state index in [-0.39, 0.29) is 16.9 Å². The molecule has 0 amide bonds. The number of anilines is 1. The number of methoxy groups -OCH3 is 1. The van der Waals surface area contributed by atoms with Crippen molar-refractivity contribution in [2.45, 2.75) is 6.18 Å². The van der Waals surface area contributed by atoms with E-state index in [0.717, 1.165) is 6.20 Å². The highest BCUT2D eigenvalue weighted by Gasteiger charge is 2.27. The van der Waals surface area contributed by atoms with Crippen LogP contribution in [0.5, 0.6) is 6.01 Å². The molecule has 0 aliphatic carbocycles. The summed E-state index contributed by atoms with van der Waals surface area (Å²) in [4.78, 5) is 7.23. The van der Waals surface area contributed by atoms with Crippen molar-refractivity contribution in [1.29, 1.82) is 0 Å². The predicted octanol–water partition coefficient (Wildman–Crippen LogP) is 2.11. The Balaban J connectivity index is 2.75. The lowest BCUT2D eigenvalue weighted by atomic mass is 10.5. The highest BCUT2D eigenvalue weighted by atomic mass is 35.5. The number of hydrogen-bond donors (Lipinski definition) is 1. The third-order valence-corrected chi connectivity index (χ3v) is 1.64. The van der Waals surface area contributed by atoms with E-state index in [1.807, 2.05) is 5.32 Å². The lowest BCUT2D eigenvalue weighted by Crippen LogP contribution is -2.22. The number of alkyl halides is 3. The molecule has 0 saturated heterocycles. The molecular formula is C7H7ClF3N3O. The van der Waals surface area contributed by atoms with Gasteiger partial charge in [0.2, 0.25) is 0 Å². The molecule has 0 spiro atoms. The molecule has 0 saturated carbocycles. The molecule has 1 heterocycles. The average molecular weight is 242 g/mol. The average Bonchev–Trinajstić information content (AvgIpc) is 2.15. The lowest BCUT2D eigenvalue weighted by Gasteiger charge is -2.10. The molecular weight excluding hydrogens is 235 g/mol. The van der Waals surface area contributed by atoms with Gasteiger partial charge in [0.25, 0.3) is 0 Å². The molecule has 0 aromatic carbocycles. The van der Waals surface area contributed by atoms with Crippen LogP contribution in [0.25, 0.3) is 0 Å². The van der Waals surface area contributed by atoms with Gasteiger partial charge >= 0.3 is 12.2 Å². The maximum Gasteiger partial charge on any atom is 0.405 e.